The Kier molecular flexibility index (Phi) is 5.90. The third-order valence-electron chi connectivity index (χ3n) is 3.66. The summed E-state index contributed by atoms with van der Waals surface area (Å²) >= 11 is 0. The molecule has 124 valence electrons. The van der Waals surface area contributed by atoms with Crippen molar-refractivity contribution in [3.8, 4) is 0 Å². The maximum atomic E-state index is 11.8. The molecule has 1 heterocycles. The van der Waals surface area contributed by atoms with Crippen molar-refractivity contribution in [1.29, 1.82) is 0 Å². The lowest BCUT2D eigenvalue weighted by molar-refractivity contribution is -0.384. The maximum Gasteiger partial charge on any atom is 0.292 e. The number of likely N-dealkylation sites (tertiary alicyclic amines) is 1. The predicted molar refractivity (Wildman–Crippen MR) is 85.0 cm³/mol. The predicted octanol–water partition coefficient (Wildman–Crippen LogP) is 1.14. The van der Waals surface area contributed by atoms with Crippen molar-refractivity contribution in [2.24, 2.45) is 0 Å². The quantitative estimate of drug-likeness (QED) is 0.579. The van der Waals surface area contributed by atoms with Gasteiger partial charge in [0.1, 0.15) is 5.69 Å². The van der Waals surface area contributed by atoms with Gasteiger partial charge in [0, 0.05) is 32.1 Å². The zero-order valence-electron chi connectivity index (χ0n) is 12.8. The van der Waals surface area contributed by atoms with Gasteiger partial charge < -0.3 is 15.5 Å². The Labute approximate surface area is 134 Å². The number of carbonyl (C=O) groups excluding carboxylic acids is 2. The second-order valence-corrected chi connectivity index (χ2v) is 5.32. The molecule has 0 unspecified atom stereocenters. The maximum absolute atomic E-state index is 11.8. The number of anilines is 1. The fourth-order valence-electron chi connectivity index (χ4n) is 2.43. The topological polar surface area (TPSA) is 105 Å². The van der Waals surface area contributed by atoms with Gasteiger partial charge in [-0.2, -0.15) is 0 Å². The van der Waals surface area contributed by atoms with Crippen LogP contribution in [0, 0.1) is 10.1 Å². The van der Waals surface area contributed by atoms with Gasteiger partial charge in [0.2, 0.25) is 11.8 Å². The zero-order valence-corrected chi connectivity index (χ0v) is 12.8. The van der Waals surface area contributed by atoms with E-state index in [4.69, 9.17) is 0 Å². The van der Waals surface area contributed by atoms with Gasteiger partial charge in [-0.15, -0.1) is 0 Å². The van der Waals surface area contributed by atoms with Crippen molar-refractivity contribution in [2.45, 2.75) is 19.3 Å². The van der Waals surface area contributed by atoms with Crippen molar-refractivity contribution in [1.82, 2.24) is 10.2 Å². The van der Waals surface area contributed by atoms with E-state index in [0.29, 0.717) is 5.69 Å². The summed E-state index contributed by atoms with van der Waals surface area (Å²) < 4.78 is 0. The Balaban J connectivity index is 1.70. The molecule has 1 aromatic rings. The molecule has 1 aliphatic rings. The summed E-state index contributed by atoms with van der Waals surface area (Å²) in [5, 5.41) is 16.3. The van der Waals surface area contributed by atoms with E-state index in [2.05, 4.69) is 10.6 Å². The van der Waals surface area contributed by atoms with Gasteiger partial charge >= 0.3 is 0 Å². The van der Waals surface area contributed by atoms with Crippen LogP contribution in [0.5, 0.6) is 0 Å². The Morgan fingerprint density at radius 2 is 1.91 bits per heavy atom. The number of nitrogens with zero attached hydrogens (tertiary/aromatic N) is 2. The summed E-state index contributed by atoms with van der Waals surface area (Å²) in [6.07, 6.45) is 2.16. The third-order valence-corrected chi connectivity index (χ3v) is 3.66. The van der Waals surface area contributed by atoms with Gasteiger partial charge in [-0.3, -0.25) is 19.7 Å². The standard InChI is InChI=1S/C15H20N4O4/c20-14(17-11-15(21)18-9-3-4-10-18)7-8-16-12-5-1-2-6-13(12)19(22)23/h1-2,5-6,16H,3-4,7-11H2,(H,17,20). The number of hydrogen-bond donors (Lipinski definition) is 2. The normalized spacial score (nSPS) is 13.7. The first-order chi connectivity index (χ1) is 11.1. The first-order valence-corrected chi connectivity index (χ1v) is 7.59. The Morgan fingerprint density at radius 1 is 1.22 bits per heavy atom. The van der Waals surface area contributed by atoms with Gasteiger partial charge in [0.25, 0.3) is 5.69 Å². The average molecular weight is 320 g/mol. The van der Waals surface area contributed by atoms with E-state index in [-0.39, 0.29) is 37.0 Å². The molecule has 0 saturated carbocycles. The van der Waals surface area contributed by atoms with Crippen molar-refractivity contribution in [2.75, 3.05) is 31.5 Å². The SMILES string of the molecule is O=C(CCNc1ccccc1[N+](=O)[O-])NCC(=O)N1CCCC1. The fraction of sp³-hybridized carbons (Fsp3) is 0.467. The zero-order chi connectivity index (χ0) is 16.7. The molecule has 0 spiro atoms. The molecule has 1 fully saturated rings. The smallest absolute Gasteiger partial charge is 0.292 e. The first kappa shape index (κ1) is 16.7. The number of nitro benzene ring substituents is 1. The highest BCUT2D eigenvalue weighted by Gasteiger charge is 2.18. The van der Waals surface area contributed by atoms with Crippen LogP contribution < -0.4 is 10.6 Å². The molecule has 0 aromatic heterocycles. The molecule has 0 atom stereocenters. The van der Waals surface area contributed by atoms with Crippen LogP contribution in [0.3, 0.4) is 0 Å². The summed E-state index contributed by atoms with van der Waals surface area (Å²) in [6, 6.07) is 6.26. The minimum absolute atomic E-state index is 0.00428. The van der Waals surface area contributed by atoms with Gasteiger partial charge in [0.15, 0.2) is 0 Å². The Morgan fingerprint density at radius 3 is 2.61 bits per heavy atom. The van der Waals surface area contributed by atoms with E-state index < -0.39 is 4.92 Å². The van der Waals surface area contributed by atoms with Crippen LogP contribution >= 0.6 is 0 Å². The highest BCUT2D eigenvalue weighted by atomic mass is 16.6. The van der Waals surface area contributed by atoms with Gasteiger partial charge in [0.05, 0.1) is 11.5 Å². The van der Waals surface area contributed by atoms with E-state index in [1.54, 1.807) is 23.1 Å². The summed E-state index contributed by atoms with van der Waals surface area (Å²) in [7, 11) is 0. The Bertz CT molecular complexity index is 585. The third kappa shape index (κ3) is 4.94. The highest BCUT2D eigenvalue weighted by molar-refractivity contribution is 5.85. The second-order valence-electron chi connectivity index (χ2n) is 5.32. The second kappa shape index (κ2) is 8.11. The van der Waals surface area contributed by atoms with E-state index in [1.165, 1.54) is 6.07 Å². The molecule has 23 heavy (non-hydrogen) atoms. The van der Waals surface area contributed by atoms with Gasteiger partial charge in [-0.25, -0.2) is 0 Å². The number of hydrogen-bond acceptors (Lipinski definition) is 5. The molecule has 0 bridgehead atoms. The van der Waals surface area contributed by atoms with Crippen LogP contribution in [0.1, 0.15) is 19.3 Å². The molecule has 0 radical (unpaired) electrons. The van der Waals surface area contributed by atoms with Crippen LogP contribution in [0.15, 0.2) is 24.3 Å². The lowest BCUT2D eigenvalue weighted by Gasteiger charge is -2.15. The minimum atomic E-state index is -0.475. The summed E-state index contributed by atoms with van der Waals surface area (Å²) in [5.74, 6) is -0.328. The molecule has 1 saturated heterocycles. The molecule has 0 aliphatic carbocycles. The lowest BCUT2D eigenvalue weighted by atomic mass is 10.2. The molecule has 8 nitrogen and oxygen atoms in total. The minimum Gasteiger partial charge on any atom is -0.379 e. The summed E-state index contributed by atoms with van der Waals surface area (Å²) in [4.78, 5) is 35.6. The molecule has 1 aromatic carbocycles. The van der Waals surface area contributed by atoms with Gasteiger partial charge in [-0.1, -0.05) is 12.1 Å². The number of nitrogens with one attached hydrogen (secondary N) is 2. The fourth-order valence-corrected chi connectivity index (χ4v) is 2.43. The van der Waals surface area contributed by atoms with Crippen LogP contribution in [0.2, 0.25) is 0 Å². The number of amides is 2. The monoisotopic (exact) mass is 320 g/mol. The summed E-state index contributed by atoms with van der Waals surface area (Å²) in [5.41, 5.74) is 0.343. The molecule has 2 amide bonds. The number of para-hydroxylation sites is 2. The van der Waals surface area contributed by atoms with Crippen LogP contribution in [0.4, 0.5) is 11.4 Å². The largest absolute Gasteiger partial charge is 0.379 e. The van der Waals surface area contributed by atoms with Crippen LogP contribution in [-0.2, 0) is 9.59 Å². The van der Waals surface area contributed by atoms with Crippen molar-refractivity contribution in [3.05, 3.63) is 34.4 Å². The van der Waals surface area contributed by atoms with E-state index in [9.17, 15) is 19.7 Å². The lowest BCUT2D eigenvalue weighted by Crippen LogP contribution is -2.39. The molecular weight excluding hydrogens is 300 g/mol. The number of carbonyl (C=O) groups is 2. The summed E-state index contributed by atoms with van der Waals surface area (Å²) in [6.45, 7) is 1.78. The number of rotatable bonds is 7. The molecule has 2 rings (SSSR count). The molecular formula is C15H20N4O4. The van der Waals surface area contributed by atoms with Crippen LogP contribution in [-0.4, -0.2) is 47.8 Å². The highest BCUT2D eigenvalue weighted by Crippen LogP contribution is 2.22. The van der Waals surface area contributed by atoms with Crippen molar-refractivity contribution in [3.63, 3.8) is 0 Å². The van der Waals surface area contributed by atoms with Crippen molar-refractivity contribution < 1.29 is 14.5 Å². The Hall–Kier alpha value is -2.64. The van der Waals surface area contributed by atoms with E-state index >= 15 is 0 Å². The molecule has 2 N–H and O–H groups in total. The number of benzene rings is 1. The van der Waals surface area contributed by atoms with Crippen molar-refractivity contribution >= 4 is 23.2 Å². The first-order valence-electron chi connectivity index (χ1n) is 7.59. The molecule has 8 heteroatoms. The number of nitro groups is 1. The molecule has 1 aliphatic heterocycles. The van der Waals surface area contributed by atoms with E-state index in [1.807, 2.05) is 0 Å². The van der Waals surface area contributed by atoms with Gasteiger partial charge in [-0.05, 0) is 18.9 Å². The average Bonchev–Trinajstić information content (AvgIpc) is 3.07. The van der Waals surface area contributed by atoms with E-state index in [0.717, 1.165) is 25.9 Å². The van der Waals surface area contributed by atoms with Crippen LogP contribution in [0.25, 0.3) is 0 Å².